The number of hydrogen-bond donors (Lipinski definition) is 2. The lowest BCUT2D eigenvalue weighted by Gasteiger charge is -2.32. The summed E-state index contributed by atoms with van der Waals surface area (Å²) in [5.41, 5.74) is 1.30. The van der Waals surface area contributed by atoms with Gasteiger partial charge in [-0.1, -0.05) is 18.2 Å². The van der Waals surface area contributed by atoms with E-state index in [0.29, 0.717) is 5.56 Å². The van der Waals surface area contributed by atoms with E-state index in [2.05, 4.69) is 10.3 Å². The normalized spacial score (nSPS) is 18.3. The number of carbonyl (C=O) groups excluding carboxylic acids is 2. The van der Waals surface area contributed by atoms with Gasteiger partial charge in [0.05, 0.1) is 11.2 Å². The van der Waals surface area contributed by atoms with Crippen LogP contribution in [0.2, 0.25) is 0 Å². The standard InChI is InChI=1S/C23H31BN2O5/c1-21(2,3)29-20(28)26-13-17(24-30-22(4,5)23(6,7)31-24)11-15-9-8-10-18-19(15)16(14-27)12-25-18/h8-12,14,25H,13H2,1-7H3,(H,26,28). The van der Waals surface area contributed by atoms with Crippen LogP contribution >= 0.6 is 0 Å². The van der Waals surface area contributed by atoms with Crippen LogP contribution in [-0.4, -0.2) is 47.8 Å². The van der Waals surface area contributed by atoms with Gasteiger partial charge in [0.25, 0.3) is 0 Å². The van der Waals surface area contributed by atoms with E-state index in [0.717, 1.165) is 28.2 Å². The van der Waals surface area contributed by atoms with Gasteiger partial charge in [0.15, 0.2) is 6.29 Å². The number of rotatable bonds is 5. The first-order valence-electron chi connectivity index (χ1n) is 10.4. The number of alkyl carbamates (subject to hydrolysis) is 1. The topological polar surface area (TPSA) is 89.7 Å². The van der Waals surface area contributed by atoms with Crippen LogP contribution in [0.15, 0.2) is 29.9 Å². The van der Waals surface area contributed by atoms with Crippen molar-refractivity contribution in [3.05, 3.63) is 41.0 Å². The Balaban J connectivity index is 1.98. The quantitative estimate of drug-likeness (QED) is 0.542. The zero-order chi connectivity index (χ0) is 23.0. The fraction of sp³-hybridized carbons (Fsp3) is 0.478. The first-order valence-corrected chi connectivity index (χ1v) is 10.4. The van der Waals surface area contributed by atoms with Crippen molar-refractivity contribution in [2.75, 3.05) is 6.54 Å². The Morgan fingerprint density at radius 1 is 1.16 bits per heavy atom. The van der Waals surface area contributed by atoms with E-state index in [4.69, 9.17) is 14.0 Å². The summed E-state index contributed by atoms with van der Waals surface area (Å²) in [5.74, 6) is 0. The maximum Gasteiger partial charge on any atom is 0.492 e. The summed E-state index contributed by atoms with van der Waals surface area (Å²) in [6.45, 7) is 13.5. The third-order valence-corrected chi connectivity index (χ3v) is 5.63. The predicted molar refractivity (Wildman–Crippen MR) is 122 cm³/mol. The Morgan fingerprint density at radius 3 is 2.39 bits per heavy atom. The SMILES string of the molecule is CC(C)(C)OC(=O)NCC(=Cc1cccc2[nH]cc(C=O)c12)B1OC(C)(C)C(C)(C)O1. The number of ether oxygens (including phenoxy) is 1. The Hall–Kier alpha value is -2.58. The van der Waals surface area contributed by atoms with Crippen LogP contribution in [0.4, 0.5) is 4.79 Å². The van der Waals surface area contributed by atoms with Gasteiger partial charge in [-0.3, -0.25) is 4.79 Å². The minimum Gasteiger partial charge on any atom is -0.444 e. The van der Waals surface area contributed by atoms with Gasteiger partial charge in [-0.15, -0.1) is 0 Å². The molecule has 2 heterocycles. The molecule has 166 valence electrons. The lowest BCUT2D eigenvalue weighted by molar-refractivity contribution is 0.00578. The molecule has 1 amide bonds. The molecule has 1 saturated heterocycles. The molecule has 2 N–H and O–H groups in total. The third-order valence-electron chi connectivity index (χ3n) is 5.63. The molecule has 0 unspecified atom stereocenters. The Labute approximate surface area is 183 Å². The molecular formula is C23H31BN2O5. The maximum absolute atomic E-state index is 12.3. The van der Waals surface area contributed by atoms with E-state index in [1.807, 2.05) is 72.7 Å². The summed E-state index contributed by atoms with van der Waals surface area (Å²) in [7, 11) is -0.659. The van der Waals surface area contributed by atoms with Gasteiger partial charge in [-0.2, -0.15) is 0 Å². The van der Waals surface area contributed by atoms with Gasteiger partial charge >= 0.3 is 13.2 Å². The summed E-state index contributed by atoms with van der Waals surface area (Å²) in [6, 6.07) is 5.73. The Bertz CT molecular complexity index is 1000. The molecule has 0 bridgehead atoms. The van der Waals surface area contributed by atoms with E-state index in [-0.39, 0.29) is 6.54 Å². The molecule has 0 aliphatic carbocycles. The van der Waals surface area contributed by atoms with Crippen LogP contribution < -0.4 is 5.32 Å². The molecular weight excluding hydrogens is 395 g/mol. The van der Waals surface area contributed by atoms with E-state index in [1.165, 1.54) is 0 Å². The number of aldehydes is 1. The van der Waals surface area contributed by atoms with Gasteiger partial charge in [0.2, 0.25) is 0 Å². The Morgan fingerprint density at radius 2 is 1.81 bits per heavy atom. The summed E-state index contributed by atoms with van der Waals surface area (Å²) < 4.78 is 17.8. The molecule has 1 aromatic carbocycles. The van der Waals surface area contributed by atoms with E-state index in [1.54, 1.807) is 6.20 Å². The van der Waals surface area contributed by atoms with Gasteiger partial charge in [-0.05, 0) is 65.6 Å². The number of carbonyl (C=O) groups is 2. The number of hydrogen-bond acceptors (Lipinski definition) is 5. The van der Waals surface area contributed by atoms with Crippen LogP contribution in [0.1, 0.15) is 64.4 Å². The third kappa shape index (κ3) is 5.02. The predicted octanol–water partition coefficient (Wildman–Crippen LogP) is 4.52. The molecule has 8 heteroatoms. The Kier molecular flexibility index (Phi) is 6.08. The number of aromatic amines is 1. The smallest absolute Gasteiger partial charge is 0.444 e. The van der Waals surface area contributed by atoms with Crippen molar-refractivity contribution in [2.24, 2.45) is 0 Å². The van der Waals surface area contributed by atoms with E-state index >= 15 is 0 Å². The highest BCUT2D eigenvalue weighted by Crippen LogP contribution is 2.39. The van der Waals surface area contributed by atoms with Crippen LogP contribution in [-0.2, 0) is 14.0 Å². The number of fused-ring (bicyclic) bond motifs is 1. The van der Waals surface area contributed by atoms with Gasteiger partial charge in [-0.25, -0.2) is 4.79 Å². The van der Waals surface area contributed by atoms with Crippen molar-refractivity contribution in [3.63, 3.8) is 0 Å². The molecule has 7 nitrogen and oxygen atoms in total. The average Bonchev–Trinajstić information content (AvgIpc) is 3.15. The summed E-state index contributed by atoms with van der Waals surface area (Å²) >= 11 is 0. The largest absolute Gasteiger partial charge is 0.492 e. The van der Waals surface area contributed by atoms with Crippen molar-refractivity contribution in [1.82, 2.24) is 10.3 Å². The molecule has 0 saturated carbocycles. The number of H-pyrrole nitrogens is 1. The monoisotopic (exact) mass is 426 g/mol. The first kappa shape index (κ1) is 23.1. The van der Waals surface area contributed by atoms with Gasteiger partial charge in [0.1, 0.15) is 5.60 Å². The molecule has 1 aliphatic rings. The number of benzene rings is 1. The summed E-state index contributed by atoms with van der Waals surface area (Å²) in [4.78, 5) is 26.9. The summed E-state index contributed by atoms with van der Waals surface area (Å²) in [6.07, 6.45) is 3.89. The molecule has 1 aliphatic heterocycles. The van der Waals surface area contributed by atoms with Crippen molar-refractivity contribution in [3.8, 4) is 0 Å². The molecule has 1 fully saturated rings. The highest BCUT2D eigenvalue weighted by molar-refractivity contribution is 6.56. The first-order chi connectivity index (χ1) is 14.3. The van der Waals surface area contributed by atoms with Crippen LogP contribution in [0.3, 0.4) is 0 Å². The number of aromatic nitrogens is 1. The number of nitrogens with one attached hydrogen (secondary N) is 2. The molecule has 2 aromatic rings. The second-order valence-corrected chi connectivity index (χ2v) is 9.79. The lowest BCUT2D eigenvalue weighted by atomic mass is 9.76. The van der Waals surface area contributed by atoms with Crippen molar-refractivity contribution >= 4 is 36.5 Å². The lowest BCUT2D eigenvalue weighted by Crippen LogP contribution is -2.41. The van der Waals surface area contributed by atoms with Gasteiger partial charge in [0, 0.05) is 29.2 Å². The molecule has 0 spiro atoms. The van der Waals surface area contributed by atoms with E-state index in [9.17, 15) is 9.59 Å². The molecule has 1 aromatic heterocycles. The fourth-order valence-electron chi connectivity index (χ4n) is 3.34. The van der Waals surface area contributed by atoms with Crippen LogP contribution in [0.5, 0.6) is 0 Å². The number of amides is 1. The van der Waals surface area contributed by atoms with Crippen LogP contribution in [0.25, 0.3) is 17.0 Å². The molecule has 0 radical (unpaired) electrons. The second-order valence-electron chi connectivity index (χ2n) is 9.79. The second kappa shape index (κ2) is 8.17. The minimum atomic E-state index is -0.659. The highest BCUT2D eigenvalue weighted by atomic mass is 16.7. The van der Waals surface area contributed by atoms with Crippen molar-refractivity contribution in [2.45, 2.75) is 65.3 Å². The average molecular weight is 426 g/mol. The van der Waals surface area contributed by atoms with Crippen molar-refractivity contribution < 1.29 is 23.6 Å². The molecule has 3 rings (SSSR count). The summed E-state index contributed by atoms with van der Waals surface area (Å²) in [5, 5.41) is 3.60. The zero-order valence-electron chi connectivity index (χ0n) is 19.3. The van der Waals surface area contributed by atoms with Crippen LogP contribution in [0, 0.1) is 0 Å². The van der Waals surface area contributed by atoms with Crippen molar-refractivity contribution in [1.29, 1.82) is 0 Å². The maximum atomic E-state index is 12.3. The molecule has 31 heavy (non-hydrogen) atoms. The van der Waals surface area contributed by atoms with Gasteiger partial charge < -0.3 is 24.3 Å². The molecule has 0 atom stereocenters. The highest BCUT2D eigenvalue weighted by Gasteiger charge is 2.52. The minimum absolute atomic E-state index is 0.170. The zero-order valence-corrected chi connectivity index (χ0v) is 19.3. The fourth-order valence-corrected chi connectivity index (χ4v) is 3.34. The van der Waals surface area contributed by atoms with E-state index < -0.39 is 30.0 Å².